The zero-order valence-electron chi connectivity index (χ0n) is 8.27. The Bertz CT molecular complexity index is 501. The van der Waals surface area contributed by atoms with Gasteiger partial charge in [-0.25, -0.2) is 0 Å². The zero-order chi connectivity index (χ0) is 11.5. The highest BCUT2D eigenvalue weighted by Crippen LogP contribution is 2.18. The summed E-state index contributed by atoms with van der Waals surface area (Å²) in [6.45, 7) is 4.35. The molecule has 82 valence electrons. The average Bonchev–Trinajstić information content (AvgIpc) is 2.65. The Morgan fingerprint density at radius 2 is 1.94 bits per heavy atom. The summed E-state index contributed by atoms with van der Waals surface area (Å²) in [6.07, 6.45) is 3.69. The lowest BCUT2D eigenvalue weighted by Gasteiger charge is -2.05. The van der Waals surface area contributed by atoms with Gasteiger partial charge in [0.2, 0.25) is 10.6 Å². The summed E-state index contributed by atoms with van der Waals surface area (Å²) in [5.74, 6) is 0.455. The monoisotopic (exact) mass is 254 g/mol. The summed E-state index contributed by atoms with van der Waals surface area (Å²) in [7, 11) is 0. The van der Waals surface area contributed by atoms with Crippen LogP contribution < -0.4 is 0 Å². The van der Waals surface area contributed by atoms with E-state index in [0.29, 0.717) is 12.4 Å². The lowest BCUT2D eigenvalue weighted by Crippen LogP contribution is -2.00. The van der Waals surface area contributed by atoms with Gasteiger partial charge in [-0.3, -0.25) is 0 Å². The first kappa shape index (κ1) is 11.1. The molecule has 0 saturated heterocycles. The lowest BCUT2D eigenvalue weighted by molar-refractivity contribution is 0.829. The summed E-state index contributed by atoms with van der Waals surface area (Å²) in [4.78, 5) is 11.7. The zero-order valence-corrected chi connectivity index (χ0v) is 9.78. The van der Waals surface area contributed by atoms with E-state index in [0.717, 1.165) is 5.69 Å². The van der Waals surface area contributed by atoms with E-state index < -0.39 is 0 Å². The molecule has 0 unspecified atom stereocenters. The number of aromatic nitrogens is 4. The van der Waals surface area contributed by atoms with Crippen molar-refractivity contribution in [2.75, 3.05) is 0 Å². The molecule has 0 N–H and O–H groups in total. The quantitative estimate of drug-likeness (QED) is 0.792. The van der Waals surface area contributed by atoms with Crippen molar-refractivity contribution in [2.45, 2.75) is 6.54 Å². The molecule has 0 aliphatic heterocycles. The summed E-state index contributed by atoms with van der Waals surface area (Å²) < 4.78 is 1.94. The van der Waals surface area contributed by atoms with Gasteiger partial charge in [0.1, 0.15) is 0 Å². The minimum absolute atomic E-state index is 0.0846. The highest BCUT2D eigenvalue weighted by atomic mass is 35.5. The van der Waals surface area contributed by atoms with E-state index in [1.54, 1.807) is 6.08 Å². The second-order valence-electron chi connectivity index (χ2n) is 3.03. The molecule has 0 spiro atoms. The van der Waals surface area contributed by atoms with Gasteiger partial charge in [-0.15, -0.1) is 6.58 Å². The molecule has 0 atom stereocenters. The van der Waals surface area contributed by atoms with Crippen molar-refractivity contribution in [1.82, 2.24) is 19.5 Å². The largest absolute Gasteiger partial charge is 0.341 e. The van der Waals surface area contributed by atoms with E-state index in [-0.39, 0.29) is 10.6 Å². The van der Waals surface area contributed by atoms with Gasteiger partial charge in [-0.05, 0) is 35.3 Å². The molecule has 2 aromatic rings. The third-order valence-corrected chi connectivity index (χ3v) is 2.30. The van der Waals surface area contributed by atoms with Gasteiger partial charge in [0.05, 0.1) is 5.69 Å². The fourth-order valence-electron chi connectivity index (χ4n) is 1.36. The molecule has 16 heavy (non-hydrogen) atoms. The number of rotatable bonds is 3. The van der Waals surface area contributed by atoms with E-state index in [1.165, 1.54) is 0 Å². The van der Waals surface area contributed by atoms with Crippen molar-refractivity contribution in [3.8, 4) is 11.5 Å². The van der Waals surface area contributed by atoms with Crippen LogP contribution in [0.1, 0.15) is 0 Å². The van der Waals surface area contributed by atoms with Gasteiger partial charge in [-0.2, -0.15) is 15.0 Å². The van der Waals surface area contributed by atoms with Gasteiger partial charge in [0.25, 0.3) is 0 Å². The Kier molecular flexibility index (Phi) is 3.22. The molecular formula is C10H8Cl2N4. The maximum absolute atomic E-state index is 5.72. The molecule has 4 nitrogen and oxygen atoms in total. The van der Waals surface area contributed by atoms with Crippen molar-refractivity contribution in [2.24, 2.45) is 0 Å². The summed E-state index contributed by atoms with van der Waals surface area (Å²) >= 11 is 11.4. The maximum Gasteiger partial charge on any atom is 0.227 e. The Hall–Kier alpha value is -1.39. The molecule has 0 aliphatic carbocycles. The molecule has 0 aliphatic rings. The van der Waals surface area contributed by atoms with Crippen LogP contribution in [0.15, 0.2) is 31.0 Å². The van der Waals surface area contributed by atoms with Crippen molar-refractivity contribution in [3.05, 3.63) is 41.6 Å². The molecule has 0 amide bonds. The lowest BCUT2D eigenvalue weighted by atomic mass is 10.4. The van der Waals surface area contributed by atoms with E-state index in [1.807, 2.05) is 22.9 Å². The molecule has 0 aromatic carbocycles. The van der Waals surface area contributed by atoms with Crippen LogP contribution in [0.2, 0.25) is 10.6 Å². The standard InChI is InChI=1S/C10H8Cl2N4/c1-2-5-16-6-3-4-7(16)8-13-9(11)15-10(12)14-8/h2-4,6H,1,5H2. The Morgan fingerprint density at radius 3 is 2.56 bits per heavy atom. The van der Waals surface area contributed by atoms with E-state index >= 15 is 0 Å². The predicted octanol–water partition coefficient (Wildman–Crippen LogP) is 2.83. The van der Waals surface area contributed by atoms with E-state index in [4.69, 9.17) is 23.2 Å². The smallest absolute Gasteiger partial charge is 0.227 e. The topological polar surface area (TPSA) is 43.6 Å². The minimum Gasteiger partial charge on any atom is -0.341 e. The highest BCUT2D eigenvalue weighted by molar-refractivity contribution is 6.31. The molecule has 2 rings (SSSR count). The molecule has 2 aromatic heterocycles. The van der Waals surface area contributed by atoms with Gasteiger partial charge in [0.15, 0.2) is 5.82 Å². The van der Waals surface area contributed by atoms with Crippen LogP contribution in [0.4, 0.5) is 0 Å². The first-order valence-corrected chi connectivity index (χ1v) is 5.30. The molecule has 0 fully saturated rings. The normalized spacial score (nSPS) is 10.4. The predicted molar refractivity (Wildman–Crippen MR) is 63.5 cm³/mol. The van der Waals surface area contributed by atoms with Gasteiger partial charge in [0, 0.05) is 12.7 Å². The van der Waals surface area contributed by atoms with Crippen molar-refractivity contribution in [1.29, 1.82) is 0 Å². The molecule has 0 radical (unpaired) electrons. The summed E-state index contributed by atoms with van der Waals surface area (Å²) in [5.41, 5.74) is 0.825. The Balaban J connectivity index is 2.49. The van der Waals surface area contributed by atoms with Crippen LogP contribution in [0, 0.1) is 0 Å². The first-order chi connectivity index (χ1) is 7.70. The minimum atomic E-state index is 0.0846. The van der Waals surface area contributed by atoms with Crippen LogP contribution >= 0.6 is 23.2 Å². The third kappa shape index (κ3) is 2.23. The number of hydrogen-bond acceptors (Lipinski definition) is 3. The maximum atomic E-state index is 5.72. The second kappa shape index (κ2) is 4.63. The fourth-order valence-corrected chi connectivity index (χ4v) is 1.72. The molecule has 6 heteroatoms. The van der Waals surface area contributed by atoms with Gasteiger partial charge < -0.3 is 4.57 Å². The number of nitrogens with zero attached hydrogens (tertiary/aromatic N) is 4. The van der Waals surface area contributed by atoms with E-state index in [2.05, 4.69) is 21.5 Å². The first-order valence-electron chi connectivity index (χ1n) is 4.54. The Morgan fingerprint density at radius 1 is 1.25 bits per heavy atom. The average molecular weight is 255 g/mol. The van der Waals surface area contributed by atoms with Crippen molar-refractivity contribution >= 4 is 23.2 Å². The summed E-state index contributed by atoms with van der Waals surface area (Å²) in [6, 6.07) is 3.77. The van der Waals surface area contributed by atoms with Gasteiger partial charge in [-0.1, -0.05) is 6.08 Å². The fraction of sp³-hybridized carbons (Fsp3) is 0.100. The summed E-state index contributed by atoms with van der Waals surface area (Å²) in [5, 5.41) is 0.169. The second-order valence-corrected chi connectivity index (χ2v) is 3.71. The van der Waals surface area contributed by atoms with Gasteiger partial charge >= 0.3 is 0 Å². The van der Waals surface area contributed by atoms with Crippen molar-refractivity contribution < 1.29 is 0 Å². The number of halogens is 2. The SMILES string of the molecule is C=CCn1cccc1-c1nc(Cl)nc(Cl)n1. The molecule has 0 bridgehead atoms. The van der Waals surface area contributed by atoms with Crippen LogP contribution in [0.5, 0.6) is 0 Å². The van der Waals surface area contributed by atoms with Crippen molar-refractivity contribution in [3.63, 3.8) is 0 Å². The van der Waals surface area contributed by atoms with Crippen LogP contribution in [0.3, 0.4) is 0 Å². The number of allylic oxidation sites excluding steroid dienone is 1. The van der Waals surface area contributed by atoms with Crippen LogP contribution in [0.25, 0.3) is 11.5 Å². The highest BCUT2D eigenvalue weighted by Gasteiger charge is 2.09. The van der Waals surface area contributed by atoms with Crippen LogP contribution in [-0.4, -0.2) is 19.5 Å². The number of hydrogen-bond donors (Lipinski definition) is 0. The molecular weight excluding hydrogens is 247 g/mol. The van der Waals surface area contributed by atoms with Crippen LogP contribution in [-0.2, 0) is 6.54 Å². The Labute approximate surface area is 103 Å². The molecule has 0 saturated carbocycles. The molecule has 2 heterocycles. The third-order valence-electron chi connectivity index (χ3n) is 1.97. The van der Waals surface area contributed by atoms with E-state index in [9.17, 15) is 0 Å².